The van der Waals surface area contributed by atoms with Crippen LogP contribution in [0.25, 0.3) is 0 Å². The lowest BCUT2D eigenvalue weighted by Gasteiger charge is -2.11. The predicted molar refractivity (Wildman–Crippen MR) is 64.9 cm³/mol. The van der Waals surface area contributed by atoms with Gasteiger partial charge in [0, 0.05) is 11.6 Å². The molecule has 0 aliphatic carbocycles. The van der Waals surface area contributed by atoms with Gasteiger partial charge in [0.15, 0.2) is 0 Å². The van der Waals surface area contributed by atoms with Crippen molar-refractivity contribution in [1.29, 1.82) is 0 Å². The van der Waals surface area contributed by atoms with Crippen molar-refractivity contribution in [2.24, 2.45) is 5.73 Å². The maximum atomic E-state index is 9.33. The fourth-order valence-electron chi connectivity index (χ4n) is 1.23. The summed E-state index contributed by atoms with van der Waals surface area (Å²) in [5.74, 6) is 0. The second-order valence-electron chi connectivity index (χ2n) is 3.25. The minimum atomic E-state index is -0.531. The molecule has 0 spiro atoms. The average molecular weight is 269 g/mol. The Labute approximate surface area is 104 Å². The largest absolute Gasteiger partial charge is 0.392 e. The molecule has 0 amide bonds. The Kier molecular flexibility index (Phi) is 5.16. The van der Waals surface area contributed by atoms with Gasteiger partial charge in [-0.25, -0.2) is 0 Å². The first-order chi connectivity index (χ1) is 7.06. The number of halogens is 3. The molecule has 0 heterocycles. The van der Waals surface area contributed by atoms with Crippen LogP contribution in [0.2, 0.25) is 15.1 Å². The number of hydrogen-bond acceptors (Lipinski definition) is 2. The summed E-state index contributed by atoms with van der Waals surface area (Å²) in [5.41, 5.74) is 6.06. The molecule has 0 saturated heterocycles. The SMILES string of the molecule is NCC(O)CCc1c(Cl)ccc(Cl)c1Cl. The number of nitrogens with two attached hydrogens (primary N) is 1. The quantitative estimate of drug-likeness (QED) is 0.825. The van der Waals surface area contributed by atoms with Gasteiger partial charge >= 0.3 is 0 Å². The minimum Gasteiger partial charge on any atom is -0.392 e. The molecule has 0 aliphatic rings. The summed E-state index contributed by atoms with van der Waals surface area (Å²) in [6, 6.07) is 3.34. The molecule has 1 aromatic carbocycles. The Morgan fingerprint density at radius 3 is 2.40 bits per heavy atom. The van der Waals surface area contributed by atoms with Gasteiger partial charge < -0.3 is 10.8 Å². The Hall–Kier alpha value is 0.01000. The van der Waals surface area contributed by atoms with Gasteiger partial charge in [0.05, 0.1) is 16.1 Å². The van der Waals surface area contributed by atoms with Gasteiger partial charge in [-0.05, 0) is 30.5 Å². The zero-order valence-electron chi connectivity index (χ0n) is 8.01. The van der Waals surface area contributed by atoms with Gasteiger partial charge in [-0.2, -0.15) is 0 Å². The van der Waals surface area contributed by atoms with Crippen LogP contribution >= 0.6 is 34.8 Å². The van der Waals surface area contributed by atoms with Gasteiger partial charge in [-0.15, -0.1) is 0 Å². The van der Waals surface area contributed by atoms with Crippen LogP contribution in [0.3, 0.4) is 0 Å². The summed E-state index contributed by atoms with van der Waals surface area (Å²) in [4.78, 5) is 0. The lowest BCUT2D eigenvalue weighted by atomic mass is 10.1. The minimum absolute atomic E-state index is 0.232. The van der Waals surface area contributed by atoms with E-state index in [2.05, 4.69) is 0 Å². The van der Waals surface area contributed by atoms with Crippen LogP contribution in [-0.2, 0) is 6.42 Å². The molecule has 0 aliphatic heterocycles. The van der Waals surface area contributed by atoms with Crippen LogP contribution in [0.4, 0.5) is 0 Å². The highest BCUT2D eigenvalue weighted by molar-refractivity contribution is 6.44. The molecule has 0 radical (unpaired) electrons. The number of benzene rings is 1. The number of hydrogen-bond donors (Lipinski definition) is 2. The van der Waals surface area contributed by atoms with E-state index in [0.29, 0.717) is 27.9 Å². The molecule has 5 heteroatoms. The molecule has 3 N–H and O–H groups in total. The van der Waals surface area contributed by atoms with Crippen LogP contribution in [0.5, 0.6) is 0 Å². The fourth-order valence-corrected chi connectivity index (χ4v) is 1.96. The summed E-state index contributed by atoms with van der Waals surface area (Å²) in [6.45, 7) is 0.232. The molecular formula is C10H12Cl3NO. The second kappa shape index (κ2) is 5.92. The van der Waals surface area contributed by atoms with E-state index >= 15 is 0 Å². The average Bonchev–Trinajstić information content (AvgIpc) is 2.23. The molecule has 0 aromatic heterocycles. The summed E-state index contributed by atoms with van der Waals surface area (Å²) < 4.78 is 0. The van der Waals surface area contributed by atoms with Gasteiger partial charge in [-0.1, -0.05) is 34.8 Å². The molecule has 0 saturated carbocycles. The second-order valence-corrected chi connectivity index (χ2v) is 4.44. The first-order valence-corrected chi connectivity index (χ1v) is 5.70. The highest BCUT2D eigenvalue weighted by Gasteiger charge is 2.11. The molecule has 1 atom stereocenters. The van der Waals surface area contributed by atoms with Crippen LogP contribution in [0.1, 0.15) is 12.0 Å². The number of aliphatic hydroxyl groups excluding tert-OH is 1. The zero-order chi connectivity index (χ0) is 11.4. The van der Waals surface area contributed by atoms with Crippen molar-refractivity contribution in [3.63, 3.8) is 0 Å². The first-order valence-electron chi connectivity index (χ1n) is 4.56. The number of aliphatic hydroxyl groups is 1. The van der Waals surface area contributed by atoms with Crippen molar-refractivity contribution in [1.82, 2.24) is 0 Å². The van der Waals surface area contributed by atoms with Crippen molar-refractivity contribution in [2.45, 2.75) is 18.9 Å². The van der Waals surface area contributed by atoms with Crippen LogP contribution < -0.4 is 5.73 Å². The molecule has 0 bridgehead atoms. The van der Waals surface area contributed by atoms with Crippen molar-refractivity contribution >= 4 is 34.8 Å². The summed E-state index contributed by atoms with van der Waals surface area (Å²) >= 11 is 17.8. The summed E-state index contributed by atoms with van der Waals surface area (Å²) in [7, 11) is 0. The topological polar surface area (TPSA) is 46.2 Å². The summed E-state index contributed by atoms with van der Waals surface area (Å²) in [6.07, 6.45) is 0.559. The monoisotopic (exact) mass is 267 g/mol. The van der Waals surface area contributed by atoms with Gasteiger partial charge in [-0.3, -0.25) is 0 Å². The van der Waals surface area contributed by atoms with E-state index in [1.807, 2.05) is 0 Å². The third-order valence-electron chi connectivity index (χ3n) is 2.14. The van der Waals surface area contributed by atoms with Crippen molar-refractivity contribution in [3.8, 4) is 0 Å². The normalized spacial score (nSPS) is 12.9. The zero-order valence-corrected chi connectivity index (χ0v) is 10.3. The third kappa shape index (κ3) is 3.51. The van der Waals surface area contributed by atoms with E-state index in [9.17, 15) is 5.11 Å². The van der Waals surface area contributed by atoms with E-state index in [4.69, 9.17) is 40.5 Å². The Bertz CT molecular complexity index is 344. The molecular weight excluding hydrogens is 256 g/mol. The van der Waals surface area contributed by atoms with E-state index in [0.717, 1.165) is 5.56 Å². The fraction of sp³-hybridized carbons (Fsp3) is 0.400. The molecule has 84 valence electrons. The first kappa shape index (κ1) is 13.1. The molecule has 0 fully saturated rings. The van der Waals surface area contributed by atoms with E-state index in [1.54, 1.807) is 12.1 Å². The van der Waals surface area contributed by atoms with Crippen LogP contribution in [-0.4, -0.2) is 17.8 Å². The van der Waals surface area contributed by atoms with Crippen LogP contribution in [0, 0.1) is 0 Å². The molecule has 1 unspecified atom stereocenters. The smallest absolute Gasteiger partial charge is 0.0665 e. The highest BCUT2D eigenvalue weighted by atomic mass is 35.5. The summed E-state index contributed by atoms with van der Waals surface area (Å²) in [5, 5.41) is 10.8. The third-order valence-corrected chi connectivity index (χ3v) is 3.34. The van der Waals surface area contributed by atoms with E-state index in [-0.39, 0.29) is 6.54 Å². The van der Waals surface area contributed by atoms with E-state index in [1.165, 1.54) is 0 Å². The maximum absolute atomic E-state index is 9.33. The Balaban J connectivity index is 2.80. The van der Waals surface area contributed by atoms with Gasteiger partial charge in [0.25, 0.3) is 0 Å². The lowest BCUT2D eigenvalue weighted by Crippen LogP contribution is -2.20. The van der Waals surface area contributed by atoms with Crippen molar-refractivity contribution < 1.29 is 5.11 Å². The molecule has 2 nitrogen and oxygen atoms in total. The molecule has 1 rings (SSSR count). The van der Waals surface area contributed by atoms with E-state index < -0.39 is 6.10 Å². The van der Waals surface area contributed by atoms with Gasteiger partial charge in [0.2, 0.25) is 0 Å². The number of rotatable bonds is 4. The lowest BCUT2D eigenvalue weighted by molar-refractivity contribution is 0.173. The Morgan fingerprint density at radius 2 is 1.80 bits per heavy atom. The maximum Gasteiger partial charge on any atom is 0.0665 e. The standard InChI is InChI=1S/C10H12Cl3NO/c11-8-3-4-9(12)10(13)7(8)2-1-6(15)5-14/h3-4,6,15H,1-2,5,14H2. The van der Waals surface area contributed by atoms with Crippen molar-refractivity contribution in [3.05, 3.63) is 32.8 Å². The Morgan fingerprint density at radius 1 is 1.20 bits per heavy atom. The molecule has 15 heavy (non-hydrogen) atoms. The highest BCUT2D eigenvalue weighted by Crippen LogP contribution is 2.32. The molecule has 1 aromatic rings. The van der Waals surface area contributed by atoms with Crippen LogP contribution in [0.15, 0.2) is 12.1 Å². The predicted octanol–water partition coefficient (Wildman–Crippen LogP) is 2.90. The van der Waals surface area contributed by atoms with Crippen molar-refractivity contribution in [2.75, 3.05) is 6.54 Å². The van der Waals surface area contributed by atoms with Gasteiger partial charge in [0.1, 0.15) is 0 Å².